The second-order valence-corrected chi connectivity index (χ2v) is 4.21. The number of methoxy groups -OCH3 is 1. The van der Waals surface area contributed by atoms with Crippen LogP contribution in [0, 0.1) is 11.3 Å². The summed E-state index contributed by atoms with van der Waals surface area (Å²) in [7, 11) is 1.27. The van der Waals surface area contributed by atoms with Gasteiger partial charge in [0.1, 0.15) is 11.8 Å². The Bertz CT molecular complexity index is 477. The van der Waals surface area contributed by atoms with E-state index < -0.39 is 11.6 Å². The summed E-state index contributed by atoms with van der Waals surface area (Å²) in [6.45, 7) is 3.21. The molecule has 0 aliphatic carbocycles. The van der Waals surface area contributed by atoms with Crippen molar-refractivity contribution in [3.63, 3.8) is 0 Å². The van der Waals surface area contributed by atoms with Gasteiger partial charge in [0, 0.05) is 0 Å². The molecule has 0 aromatic heterocycles. The Labute approximate surface area is 105 Å². The predicted octanol–water partition coefficient (Wildman–Crippen LogP) is 2.81. The molecule has 4 nitrogen and oxygen atoms in total. The van der Waals surface area contributed by atoms with Crippen LogP contribution in [0.4, 0.5) is 0 Å². The van der Waals surface area contributed by atoms with Gasteiger partial charge in [-0.15, -0.1) is 0 Å². The highest BCUT2D eigenvalue weighted by Crippen LogP contribution is 2.31. The zero-order valence-corrected chi connectivity index (χ0v) is 10.5. The second-order valence-electron chi connectivity index (χ2n) is 3.83. The monoisotopic (exact) mass is 253 g/mol. The second kappa shape index (κ2) is 5.07. The van der Waals surface area contributed by atoms with Gasteiger partial charge in [-0.3, -0.25) is 0 Å². The SMILES string of the molecule is COC(=O)c1cccc(OC(C)(C)C#N)c1Cl. The average molecular weight is 254 g/mol. The molecule has 1 aromatic rings. The molecule has 0 aliphatic heterocycles. The number of hydrogen-bond acceptors (Lipinski definition) is 4. The Kier molecular flexibility index (Phi) is 3.97. The molecule has 0 amide bonds. The summed E-state index contributed by atoms with van der Waals surface area (Å²) >= 11 is 6.01. The molecule has 17 heavy (non-hydrogen) atoms. The first-order valence-corrected chi connectivity index (χ1v) is 5.26. The summed E-state index contributed by atoms with van der Waals surface area (Å²) in [6.07, 6.45) is 0. The molecule has 0 bridgehead atoms. The molecule has 0 heterocycles. The van der Waals surface area contributed by atoms with Crippen molar-refractivity contribution in [2.24, 2.45) is 0 Å². The van der Waals surface area contributed by atoms with E-state index >= 15 is 0 Å². The fourth-order valence-electron chi connectivity index (χ4n) is 1.15. The molecule has 90 valence electrons. The molecule has 1 rings (SSSR count). The highest BCUT2D eigenvalue weighted by molar-refractivity contribution is 6.35. The van der Waals surface area contributed by atoms with E-state index in [0.717, 1.165) is 0 Å². The van der Waals surface area contributed by atoms with E-state index in [2.05, 4.69) is 4.74 Å². The molecule has 0 saturated carbocycles. The smallest absolute Gasteiger partial charge is 0.339 e. The van der Waals surface area contributed by atoms with Crippen LogP contribution in [-0.4, -0.2) is 18.7 Å². The zero-order valence-electron chi connectivity index (χ0n) is 9.78. The quantitative estimate of drug-likeness (QED) is 0.777. The van der Waals surface area contributed by atoms with E-state index in [4.69, 9.17) is 21.6 Å². The number of benzene rings is 1. The lowest BCUT2D eigenvalue weighted by Crippen LogP contribution is -2.25. The third-order valence-corrected chi connectivity index (χ3v) is 2.39. The maximum atomic E-state index is 11.4. The van der Waals surface area contributed by atoms with Crippen molar-refractivity contribution in [2.75, 3.05) is 7.11 Å². The molecule has 5 heteroatoms. The predicted molar refractivity (Wildman–Crippen MR) is 63.1 cm³/mol. The van der Waals surface area contributed by atoms with Crippen molar-refractivity contribution in [1.82, 2.24) is 0 Å². The lowest BCUT2D eigenvalue weighted by atomic mass is 10.1. The largest absolute Gasteiger partial charge is 0.471 e. The van der Waals surface area contributed by atoms with E-state index in [-0.39, 0.29) is 16.3 Å². The number of nitrogens with zero attached hydrogens (tertiary/aromatic N) is 1. The van der Waals surface area contributed by atoms with Crippen molar-refractivity contribution in [2.45, 2.75) is 19.4 Å². The maximum Gasteiger partial charge on any atom is 0.339 e. The Hall–Kier alpha value is -1.73. The normalized spacial score (nSPS) is 10.5. The van der Waals surface area contributed by atoms with Crippen molar-refractivity contribution in [1.29, 1.82) is 5.26 Å². The van der Waals surface area contributed by atoms with Crippen LogP contribution in [0.3, 0.4) is 0 Å². The average Bonchev–Trinajstić information content (AvgIpc) is 2.31. The first-order chi connectivity index (χ1) is 7.91. The first kappa shape index (κ1) is 13.3. The van der Waals surface area contributed by atoms with E-state index in [1.165, 1.54) is 13.2 Å². The van der Waals surface area contributed by atoms with Crippen molar-refractivity contribution in [3.05, 3.63) is 28.8 Å². The maximum absolute atomic E-state index is 11.4. The highest BCUT2D eigenvalue weighted by Gasteiger charge is 2.22. The standard InChI is InChI=1S/C12H12ClNO3/c1-12(2,7-14)17-9-6-4-5-8(10(9)13)11(15)16-3/h4-6H,1-3H3. The van der Waals surface area contributed by atoms with Gasteiger partial charge < -0.3 is 9.47 Å². The van der Waals surface area contributed by atoms with Crippen LogP contribution in [0.25, 0.3) is 0 Å². The van der Waals surface area contributed by atoms with E-state index in [9.17, 15) is 4.79 Å². The third kappa shape index (κ3) is 3.11. The van der Waals surface area contributed by atoms with Crippen molar-refractivity contribution < 1.29 is 14.3 Å². The Morgan fingerprint density at radius 3 is 2.65 bits per heavy atom. The number of rotatable bonds is 3. The van der Waals surface area contributed by atoms with Crippen LogP contribution >= 0.6 is 11.6 Å². The van der Waals surface area contributed by atoms with Crippen molar-refractivity contribution in [3.8, 4) is 11.8 Å². The summed E-state index contributed by atoms with van der Waals surface area (Å²) in [5.41, 5.74) is -0.807. The van der Waals surface area contributed by atoms with Gasteiger partial charge in [-0.25, -0.2) is 4.79 Å². The molecule has 0 aliphatic rings. The molecule has 0 radical (unpaired) electrons. The lowest BCUT2D eigenvalue weighted by molar-refractivity contribution is 0.0599. The molecule has 0 saturated heterocycles. The molecular weight excluding hydrogens is 242 g/mol. The van der Waals surface area contributed by atoms with E-state index in [1.807, 2.05) is 6.07 Å². The fraction of sp³-hybridized carbons (Fsp3) is 0.333. The number of esters is 1. The number of carbonyl (C=O) groups excluding carboxylic acids is 1. The summed E-state index contributed by atoms with van der Waals surface area (Å²) in [5.74, 6) is -0.267. The summed E-state index contributed by atoms with van der Waals surface area (Å²) in [4.78, 5) is 11.4. The van der Waals surface area contributed by atoms with E-state index in [0.29, 0.717) is 0 Å². The minimum absolute atomic E-state index is 0.141. The van der Waals surface area contributed by atoms with Gasteiger partial charge in [-0.2, -0.15) is 5.26 Å². The van der Waals surface area contributed by atoms with Crippen LogP contribution < -0.4 is 4.74 Å². The highest BCUT2D eigenvalue weighted by atomic mass is 35.5. The topological polar surface area (TPSA) is 59.3 Å². The van der Waals surface area contributed by atoms with Crippen LogP contribution in [-0.2, 0) is 4.74 Å². The van der Waals surface area contributed by atoms with Crippen LogP contribution in [0.2, 0.25) is 5.02 Å². The third-order valence-electron chi connectivity index (χ3n) is 2.00. The van der Waals surface area contributed by atoms with Gasteiger partial charge in [-0.1, -0.05) is 17.7 Å². The molecule has 0 spiro atoms. The van der Waals surface area contributed by atoms with Crippen LogP contribution in [0.5, 0.6) is 5.75 Å². The fourth-order valence-corrected chi connectivity index (χ4v) is 1.40. The first-order valence-electron chi connectivity index (χ1n) is 4.88. The molecule has 0 N–H and O–H groups in total. The minimum atomic E-state index is -1.02. The minimum Gasteiger partial charge on any atom is -0.471 e. The number of hydrogen-bond donors (Lipinski definition) is 0. The van der Waals surface area contributed by atoms with Gasteiger partial charge in [-0.05, 0) is 26.0 Å². The summed E-state index contributed by atoms with van der Waals surface area (Å²) in [5, 5.41) is 9.00. The molecular formula is C12H12ClNO3. The summed E-state index contributed by atoms with van der Waals surface area (Å²) in [6, 6.07) is 6.71. The number of carbonyl (C=O) groups is 1. The molecule has 0 unspecified atom stereocenters. The van der Waals surface area contributed by atoms with Crippen LogP contribution in [0.15, 0.2) is 18.2 Å². The Morgan fingerprint density at radius 2 is 2.12 bits per heavy atom. The number of ether oxygens (including phenoxy) is 2. The van der Waals surface area contributed by atoms with Gasteiger partial charge in [0.05, 0.1) is 17.7 Å². The zero-order chi connectivity index (χ0) is 13.1. The van der Waals surface area contributed by atoms with Crippen molar-refractivity contribution >= 4 is 17.6 Å². The van der Waals surface area contributed by atoms with Gasteiger partial charge in [0.15, 0.2) is 5.60 Å². The summed E-state index contributed by atoms with van der Waals surface area (Å²) < 4.78 is 10.0. The van der Waals surface area contributed by atoms with Gasteiger partial charge >= 0.3 is 5.97 Å². The lowest BCUT2D eigenvalue weighted by Gasteiger charge is -2.19. The Balaban J connectivity index is 3.12. The molecule has 0 fully saturated rings. The molecule has 0 atom stereocenters. The Morgan fingerprint density at radius 1 is 1.47 bits per heavy atom. The van der Waals surface area contributed by atoms with Crippen LogP contribution in [0.1, 0.15) is 24.2 Å². The van der Waals surface area contributed by atoms with E-state index in [1.54, 1.807) is 26.0 Å². The number of halogens is 1. The number of nitriles is 1. The van der Waals surface area contributed by atoms with Gasteiger partial charge in [0.25, 0.3) is 0 Å². The molecule has 1 aromatic carbocycles. The van der Waals surface area contributed by atoms with Gasteiger partial charge in [0.2, 0.25) is 0 Å².